The summed E-state index contributed by atoms with van der Waals surface area (Å²) in [4.78, 5) is 32.3. The Morgan fingerprint density at radius 1 is 1.03 bits per heavy atom. The van der Waals surface area contributed by atoms with Crippen LogP contribution in [0.2, 0.25) is 0 Å². The fourth-order valence-electron chi connectivity index (χ4n) is 4.36. The Morgan fingerprint density at radius 2 is 1.83 bits per heavy atom. The number of aromatic nitrogens is 1. The van der Waals surface area contributed by atoms with Gasteiger partial charge in [0.2, 0.25) is 0 Å². The molecular weight excluding hydrogens is 444 g/mol. The largest absolute Gasteiger partial charge is 0.507 e. The topological polar surface area (TPSA) is 89.0 Å². The number of aliphatic hydroxyl groups is 1. The van der Waals surface area contributed by atoms with Crippen LogP contribution < -0.4 is 9.47 Å². The van der Waals surface area contributed by atoms with Gasteiger partial charge in [-0.3, -0.25) is 14.6 Å². The summed E-state index contributed by atoms with van der Waals surface area (Å²) in [7, 11) is 3.14. The Balaban J connectivity index is 1.89. The summed E-state index contributed by atoms with van der Waals surface area (Å²) in [5, 5.41) is 11.4. The fraction of sp³-hybridized carbons (Fsp3) is 0.250. The van der Waals surface area contributed by atoms with Gasteiger partial charge >= 0.3 is 0 Å². The molecule has 180 valence electrons. The van der Waals surface area contributed by atoms with Gasteiger partial charge in [-0.2, -0.15) is 0 Å². The summed E-state index contributed by atoms with van der Waals surface area (Å²) in [6, 6.07) is 17.0. The van der Waals surface area contributed by atoms with Crippen LogP contribution in [0.1, 0.15) is 48.2 Å². The van der Waals surface area contributed by atoms with Crippen molar-refractivity contribution in [3.8, 4) is 11.5 Å². The molecule has 2 aromatic carbocycles. The third-order valence-corrected chi connectivity index (χ3v) is 6.13. The summed E-state index contributed by atoms with van der Waals surface area (Å²) < 4.78 is 10.8. The van der Waals surface area contributed by atoms with E-state index in [-0.39, 0.29) is 23.8 Å². The van der Waals surface area contributed by atoms with E-state index in [0.717, 1.165) is 5.56 Å². The summed E-state index contributed by atoms with van der Waals surface area (Å²) in [6.45, 7) is 4.15. The van der Waals surface area contributed by atoms with E-state index in [2.05, 4.69) is 4.98 Å². The van der Waals surface area contributed by atoms with Crippen molar-refractivity contribution in [3.05, 3.63) is 94.8 Å². The van der Waals surface area contributed by atoms with Gasteiger partial charge in [0.05, 0.1) is 38.1 Å². The van der Waals surface area contributed by atoms with Crippen molar-refractivity contribution in [1.29, 1.82) is 0 Å². The minimum atomic E-state index is -0.809. The third-order valence-electron chi connectivity index (χ3n) is 6.13. The number of aliphatic hydroxyl groups excluding tert-OH is 1. The number of carbonyl (C=O) groups excluding carboxylic acids is 2. The van der Waals surface area contributed by atoms with E-state index in [1.165, 1.54) is 4.90 Å². The number of nitrogens with zero attached hydrogens (tertiary/aromatic N) is 2. The molecule has 2 heterocycles. The second-order valence-electron chi connectivity index (χ2n) is 8.64. The van der Waals surface area contributed by atoms with Gasteiger partial charge in [0.1, 0.15) is 17.3 Å². The molecule has 35 heavy (non-hydrogen) atoms. The van der Waals surface area contributed by atoms with Crippen LogP contribution in [0.15, 0.2) is 72.4 Å². The van der Waals surface area contributed by atoms with Crippen molar-refractivity contribution in [3.63, 3.8) is 0 Å². The van der Waals surface area contributed by atoms with Gasteiger partial charge in [-0.05, 0) is 59.5 Å². The predicted octanol–water partition coefficient (Wildman–Crippen LogP) is 4.84. The molecule has 4 rings (SSSR count). The number of likely N-dealkylation sites (tertiary alicyclic amines) is 1. The van der Waals surface area contributed by atoms with Crippen molar-refractivity contribution in [2.75, 3.05) is 14.2 Å². The molecule has 1 fully saturated rings. The fourth-order valence-corrected chi connectivity index (χ4v) is 4.36. The average molecular weight is 473 g/mol. The zero-order valence-corrected chi connectivity index (χ0v) is 20.2. The number of methoxy groups -OCH3 is 2. The molecule has 1 N–H and O–H groups in total. The maximum absolute atomic E-state index is 13.3. The second kappa shape index (κ2) is 10.0. The number of benzene rings is 2. The number of carbonyl (C=O) groups is 2. The normalized spacial score (nSPS) is 17.2. The Morgan fingerprint density at radius 3 is 2.49 bits per heavy atom. The van der Waals surface area contributed by atoms with Crippen LogP contribution in [0.5, 0.6) is 11.5 Å². The van der Waals surface area contributed by atoms with Crippen LogP contribution in [0.4, 0.5) is 0 Å². The van der Waals surface area contributed by atoms with E-state index < -0.39 is 17.7 Å². The van der Waals surface area contributed by atoms with E-state index in [9.17, 15) is 14.7 Å². The average Bonchev–Trinajstić information content (AvgIpc) is 3.13. The summed E-state index contributed by atoms with van der Waals surface area (Å²) in [5.74, 6) is -0.271. The van der Waals surface area contributed by atoms with Crippen LogP contribution in [0.25, 0.3) is 5.76 Å². The molecule has 3 aromatic rings. The predicted molar refractivity (Wildman–Crippen MR) is 132 cm³/mol. The highest BCUT2D eigenvalue weighted by atomic mass is 16.5. The number of ether oxygens (including phenoxy) is 2. The number of rotatable bonds is 7. The van der Waals surface area contributed by atoms with Gasteiger partial charge in [0, 0.05) is 11.8 Å². The van der Waals surface area contributed by atoms with Gasteiger partial charge in [-0.1, -0.05) is 32.0 Å². The molecule has 0 aliphatic carbocycles. The van der Waals surface area contributed by atoms with E-state index in [1.807, 2.05) is 26.0 Å². The van der Waals surface area contributed by atoms with Crippen LogP contribution in [0.3, 0.4) is 0 Å². The zero-order valence-electron chi connectivity index (χ0n) is 20.2. The number of amides is 1. The minimum absolute atomic E-state index is 0.0269. The molecule has 0 spiro atoms. The van der Waals surface area contributed by atoms with Crippen molar-refractivity contribution in [2.45, 2.75) is 32.4 Å². The van der Waals surface area contributed by atoms with Gasteiger partial charge < -0.3 is 19.5 Å². The number of Topliss-reactive ketones (excluding diaryl/α,β-unsaturated/α-hetero) is 1. The number of hydrogen-bond acceptors (Lipinski definition) is 6. The molecule has 1 saturated heterocycles. The lowest BCUT2D eigenvalue weighted by Gasteiger charge is -2.25. The molecule has 0 saturated carbocycles. The molecule has 7 nitrogen and oxygen atoms in total. The van der Waals surface area contributed by atoms with Gasteiger partial charge in [0.25, 0.3) is 11.7 Å². The second-order valence-corrected chi connectivity index (χ2v) is 8.64. The number of ketones is 1. The molecular formula is C28H28N2O5. The first-order chi connectivity index (χ1) is 16.8. The molecule has 0 bridgehead atoms. The molecule has 1 aromatic heterocycles. The molecule has 1 atom stereocenters. The van der Waals surface area contributed by atoms with Crippen molar-refractivity contribution >= 4 is 17.4 Å². The minimum Gasteiger partial charge on any atom is -0.507 e. The number of pyridine rings is 1. The highest BCUT2D eigenvalue weighted by Gasteiger charge is 2.46. The quantitative estimate of drug-likeness (QED) is 0.301. The van der Waals surface area contributed by atoms with Crippen LogP contribution in [-0.2, 0) is 16.1 Å². The maximum atomic E-state index is 13.3. The molecule has 1 unspecified atom stereocenters. The lowest BCUT2D eigenvalue weighted by atomic mass is 9.93. The first-order valence-electron chi connectivity index (χ1n) is 11.4. The Bertz CT molecular complexity index is 1280. The smallest absolute Gasteiger partial charge is 0.296 e. The Kier molecular flexibility index (Phi) is 6.87. The van der Waals surface area contributed by atoms with Crippen molar-refractivity contribution in [1.82, 2.24) is 9.88 Å². The highest BCUT2D eigenvalue weighted by Crippen LogP contribution is 2.41. The van der Waals surface area contributed by atoms with Crippen LogP contribution in [-0.4, -0.2) is 40.9 Å². The molecule has 1 amide bonds. The maximum Gasteiger partial charge on any atom is 0.296 e. The van der Waals surface area contributed by atoms with Gasteiger partial charge in [-0.25, -0.2) is 0 Å². The SMILES string of the molecule is COc1cccc(C2/C(=C(/O)c3ccc(OC)c(C(C)C)c3)C(=O)C(=O)N2Cc2ccccn2)c1. The molecule has 0 radical (unpaired) electrons. The van der Waals surface area contributed by atoms with Crippen molar-refractivity contribution in [2.24, 2.45) is 0 Å². The first kappa shape index (κ1) is 24.0. The summed E-state index contributed by atoms with van der Waals surface area (Å²) in [6.07, 6.45) is 1.64. The monoisotopic (exact) mass is 472 g/mol. The highest BCUT2D eigenvalue weighted by molar-refractivity contribution is 6.46. The first-order valence-corrected chi connectivity index (χ1v) is 11.4. The molecule has 1 aliphatic rings. The summed E-state index contributed by atoms with van der Waals surface area (Å²) >= 11 is 0. The van der Waals surface area contributed by atoms with E-state index in [1.54, 1.807) is 68.9 Å². The van der Waals surface area contributed by atoms with E-state index in [4.69, 9.17) is 9.47 Å². The molecule has 1 aliphatic heterocycles. The summed E-state index contributed by atoms with van der Waals surface area (Å²) in [5.41, 5.74) is 2.64. The molecule has 7 heteroatoms. The third kappa shape index (κ3) is 4.62. The standard InChI is InChI=1S/C28H28N2O5/c1-17(2)22-15-19(11-12-23(22)35-4)26(31)24-25(18-8-7-10-21(14-18)34-3)30(28(33)27(24)32)16-20-9-5-6-13-29-20/h5-15,17,25,31H,16H2,1-4H3/b26-24-. The van der Waals surface area contributed by atoms with Crippen molar-refractivity contribution < 1.29 is 24.2 Å². The Labute approximate surface area is 204 Å². The van der Waals surface area contributed by atoms with E-state index in [0.29, 0.717) is 28.3 Å². The van der Waals surface area contributed by atoms with Crippen LogP contribution >= 0.6 is 0 Å². The van der Waals surface area contributed by atoms with Crippen LogP contribution in [0, 0.1) is 0 Å². The lowest BCUT2D eigenvalue weighted by Crippen LogP contribution is -2.29. The Hall–Kier alpha value is -4.13. The van der Waals surface area contributed by atoms with Gasteiger partial charge in [-0.15, -0.1) is 0 Å². The number of hydrogen-bond donors (Lipinski definition) is 1. The van der Waals surface area contributed by atoms with E-state index >= 15 is 0 Å². The lowest BCUT2D eigenvalue weighted by molar-refractivity contribution is -0.140. The zero-order chi connectivity index (χ0) is 25.1. The van der Waals surface area contributed by atoms with Gasteiger partial charge in [0.15, 0.2) is 0 Å².